The van der Waals surface area contributed by atoms with E-state index in [2.05, 4.69) is 55.6 Å². The topological polar surface area (TPSA) is 63.7 Å². The van der Waals surface area contributed by atoms with Crippen LogP contribution in [0.15, 0.2) is 0 Å². The van der Waals surface area contributed by atoms with Crippen molar-refractivity contribution in [3.63, 3.8) is 0 Å². The summed E-state index contributed by atoms with van der Waals surface area (Å²) in [6.45, 7) is 6.14. The lowest BCUT2D eigenvalue weighted by Crippen LogP contribution is -2.43. The molecule has 104 valence electrons. The number of rotatable bonds is 8. The Kier molecular flexibility index (Phi) is 5.68. The smallest absolute Gasteiger partial charge is 0.177 e. The van der Waals surface area contributed by atoms with Gasteiger partial charge in [-0.05, 0) is 12.3 Å². The highest BCUT2D eigenvalue weighted by Crippen LogP contribution is 2.08. The highest BCUT2D eigenvalue weighted by atomic mass is 16.5. The molecular weight excluding hydrogens is 230 g/mol. The van der Waals surface area contributed by atoms with Crippen LogP contribution in [0.4, 0.5) is 0 Å². The van der Waals surface area contributed by atoms with Gasteiger partial charge in [0, 0.05) is 13.0 Å². The van der Waals surface area contributed by atoms with Crippen molar-refractivity contribution >= 4 is 0 Å². The average molecular weight is 256 g/mol. The molecule has 18 heavy (non-hydrogen) atoms. The molecule has 0 radical (unpaired) electrons. The third-order valence-electron chi connectivity index (χ3n) is 2.60. The Labute approximate surface area is 109 Å². The largest absolute Gasteiger partial charge is 0.372 e. The van der Waals surface area contributed by atoms with E-state index in [1.165, 1.54) is 0 Å². The van der Waals surface area contributed by atoms with Crippen LogP contribution in [-0.4, -0.2) is 65.5 Å². The summed E-state index contributed by atoms with van der Waals surface area (Å²) in [4.78, 5) is 0. The summed E-state index contributed by atoms with van der Waals surface area (Å²) in [5.74, 6) is 1.39. The van der Waals surface area contributed by atoms with Crippen LogP contribution in [0.3, 0.4) is 0 Å². The molecule has 6 heteroatoms. The molecule has 1 atom stereocenters. The Morgan fingerprint density at radius 1 is 1.28 bits per heavy atom. The summed E-state index contributed by atoms with van der Waals surface area (Å²) in [6, 6.07) is 0. The fraction of sp³-hybridized carbons (Fsp3) is 0.917. The molecule has 0 saturated carbocycles. The van der Waals surface area contributed by atoms with Crippen molar-refractivity contribution in [3.05, 3.63) is 5.82 Å². The summed E-state index contributed by atoms with van der Waals surface area (Å²) in [7, 11) is 6.49. The van der Waals surface area contributed by atoms with Crippen molar-refractivity contribution in [2.75, 3.05) is 34.3 Å². The van der Waals surface area contributed by atoms with Gasteiger partial charge in [-0.3, -0.25) is 0 Å². The number of hydrogen-bond donors (Lipinski definition) is 1. The maximum absolute atomic E-state index is 5.96. The summed E-state index contributed by atoms with van der Waals surface area (Å²) in [6.07, 6.45) is 1.94. The molecule has 0 saturated heterocycles. The summed E-state index contributed by atoms with van der Waals surface area (Å²) in [5.41, 5.74) is 0. The van der Waals surface area contributed by atoms with Crippen molar-refractivity contribution in [1.82, 2.24) is 20.6 Å². The number of H-pyrrole nitrogens is 1. The fourth-order valence-electron chi connectivity index (χ4n) is 1.73. The Morgan fingerprint density at radius 2 is 2.00 bits per heavy atom. The second kappa shape index (κ2) is 6.80. The first-order valence-electron chi connectivity index (χ1n) is 6.51. The number of tetrazole rings is 1. The van der Waals surface area contributed by atoms with Crippen LogP contribution in [0.25, 0.3) is 0 Å². The van der Waals surface area contributed by atoms with Crippen LogP contribution in [0.2, 0.25) is 0 Å². The summed E-state index contributed by atoms with van der Waals surface area (Å²) in [5, 5.41) is 14.1. The van der Waals surface area contributed by atoms with Crippen molar-refractivity contribution in [2.45, 2.75) is 32.8 Å². The first kappa shape index (κ1) is 15.0. The van der Waals surface area contributed by atoms with Gasteiger partial charge in [0.05, 0.1) is 21.1 Å². The average Bonchev–Trinajstić information content (AvgIpc) is 2.67. The van der Waals surface area contributed by atoms with Crippen LogP contribution in [0, 0.1) is 5.92 Å². The monoisotopic (exact) mass is 256 g/mol. The maximum atomic E-state index is 5.96. The number of aromatic nitrogens is 4. The van der Waals surface area contributed by atoms with Gasteiger partial charge < -0.3 is 9.22 Å². The van der Waals surface area contributed by atoms with Gasteiger partial charge in [-0.15, -0.1) is 10.2 Å². The zero-order valence-corrected chi connectivity index (χ0v) is 12.2. The second-order valence-electron chi connectivity index (χ2n) is 6.18. The number of nitrogens with one attached hydrogen (secondary N) is 1. The van der Waals surface area contributed by atoms with E-state index in [1.807, 2.05) is 0 Å². The van der Waals surface area contributed by atoms with Crippen molar-refractivity contribution < 1.29 is 9.22 Å². The summed E-state index contributed by atoms with van der Waals surface area (Å²) >= 11 is 0. The minimum absolute atomic E-state index is 0.140. The molecule has 1 heterocycles. The minimum atomic E-state index is 0.140. The van der Waals surface area contributed by atoms with Gasteiger partial charge in [0.25, 0.3) is 0 Å². The predicted octanol–water partition coefficient (Wildman–Crippen LogP) is 0.880. The van der Waals surface area contributed by atoms with Crippen molar-refractivity contribution in [1.29, 1.82) is 0 Å². The van der Waals surface area contributed by atoms with E-state index < -0.39 is 0 Å². The molecule has 1 aromatic rings. The summed E-state index contributed by atoms with van der Waals surface area (Å²) < 4.78 is 6.83. The molecule has 0 fully saturated rings. The third kappa shape index (κ3) is 6.66. The Morgan fingerprint density at radius 3 is 2.50 bits per heavy atom. The zero-order chi connectivity index (χ0) is 13.6. The Bertz CT molecular complexity index is 318. The molecule has 1 N–H and O–H groups in total. The number of hydrogen-bond acceptors (Lipinski definition) is 4. The van der Waals surface area contributed by atoms with Crippen LogP contribution >= 0.6 is 0 Å². The Hall–Kier alpha value is -1.01. The van der Waals surface area contributed by atoms with Gasteiger partial charge in [-0.2, -0.15) is 5.21 Å². The van der Waals surface area contributed by atoms with E-state index in [-0.39, 0.29) is 6.10 Å². The third-order valence-corrected chi connectivity index (χ3v) is 2.60. The van der Waals surface area contributed by atoms with Crippen molar-refractivity contribution in [3.8, 4) is 0 Å². The molecule has 6 nitrogen and oxygen atoms in total. The maximum Gasteiger partial charge on any atom is 0.177 e. The highest BCUT2D eigenvalue weighted by molar-refractivity contribution is 4.81. The van der Waals surface area contributed by atoms with E-state index in [0.29, 0.717) is 12.3 Å². The van der Waals surface area contributed by atoms with Gasteiger partial charge in [0.2, 0.25) is 0 Å². The van der Waals surface area contributed by atoms with E-state index in [9.17, 15) is 0 Å². The SMILES string of the molecule is CC(C)CCOC(Cc1nn[nH]n1)C[N+](C)(C)C. The molecule has 0 aliphatic carbocycles. The van der Waals surface area contributed by atoms with Gasteiger partial charge in [0.15, 0.2) is 5.82 Å². The predicted molar refractivity (Wildman–Crippen MR) is 70.0 cm³/mol. The number of aromatic amines is 1. The molecular formula is C12H26N5O+. The van der Waals surface area contributed by atoms with Crippen molar-refractivity contribution in [2.24, 2.45) is 5.92 Å². The fourth-order valence-corrected chi connectivity index (χ4v) is 1.73. The molecule has 1 aromatic heterocycles. The molecule has 0 aliphatic heterocycles. The first-order valence-corrected chi connectivity index (χ1v) is 6.51. The highest BCUT2D eigenvalue weighted by Gasteiger charge is 2.21. The molecule has 1 unspecified atom stereocenters. The number of likely N-dealkylation sites (N-methyl/N-ethyl adjacent to an activating group) is 1. The second-order valence-corrected chi connectivity index (χ2v) is 6.18. The van der Waals surface area contributed by atoms with Gasteiger partial charge in [-0.1, -0.05) is 19.1 Å². The van der Waals surface area contributed by atoms with Gasteiger partial charge >= 0.3 is 0 Å². The molecule has 1 rings (SSSR count). The van der Waals surface area contributed by atoms with Gasteiger partial charge in [-0.25, -0.2) is 0 Å². The van der Waals surface area contributed by atoms with Crippen LogP contribution < -0.4 is 0 Å². The number of quaternary nitrogens is 1. The molecule has 0 aromatic carbocycles. The lowest BCUT2D eigenvalue weighted by Gasteiger charge is -2.29. The number of nitrogens with zero attached hydrogens (tertiary/aromatic N) is 4. The van der Waals surface area contributed by atoms with Crippen LogP contribution in [0.1, 0.15) is 26.1 Å². The quantitative estimate of drug-likeness (QED) is 0.701. The molecule has 0 aliphatic rings. The normalized spacial score (nSPS) is 14.1. The molecule has 0 amide bonds. The molecule has 0 bridgehead atoms. The first-order chi connectivity index (χ1) is 8.37. The van der Waals surface area contributed by atoms with E-state index in [0.717, 1.165) is 29.9 Å². The number of ether oxygens (including phenoxy) is 1. The van der Waals surface area contributed by atoms with E-state index in [1.54, 1.807) is 0 Å². The Balaban J connectivity index is 2.46. The molecule has 0 spiro atoms. The lowest BCUT2D eigenvalue weighted by atomic mass is 10.1. The minimum Gasteiger partial charge on any atom is -0.372 e. The van der Waals surface area contributed by atoms with Gasteiger partial charge in [0.1, 0.15) is 12.6 Å². The zero-order valence-electron chi connectivity index (χ0n) is 12.2. The van der Waals surface area contributed by atoms with E-state index in [4.69, 9.17) is 4.74 Å². The van der Waals surface area contributed by atoms with E-state index >= 15 is 0 Å². The standard InChI is InChI=1S/C12H26N5O/c1-10(2)6-7-18-11(9-17(3,4)5)8-12-13-15-16-14-12/h10-11H,6-9H2,1-5H3,(H,13,14,15,16)/q+1. The van der Waals surface area contributed by atoms with Crippen LogP contribution in [-0.2, 0) is 11.2 Å². The van der Waals surface area contributed by atoms with Crippen LogP contribution in [0.5, 0.6) is 0 Å². The lowest BCUT2D eigenvalue weighted by molar-refractivity contribution is -0.873.